The van der Waals surface area contributed by atoms with E-state index in [1.54, 1.807) is 0 Å². The lowest BCUT2D eigenvalue weighted by molar-refractivity contribution is -0.119. The molecule has 4 nitrogen and oxygen atoms in total. The monoisotopic (exact) mass is 263 g/mol. The van der Waals surface area contributed by atoms with Gasteiger partial charge in [0, 0.05) is 19.4 Å². The molecule has 0 saturated heterocycles. The third-order valence-electron chi connectivity index (χ3n) is 2.64. The standard InChI is InChI=1S/C15H21NO3/c1-2-7-14(17)10-6-11-16-15(18)19-12-13-8-4-3-5-9-13/h3-5,8-9H,2,6-7,10-12H2,1H3,(H,16,18). The number of Topliss-reactive ketones (excluding diaryl/α,β-unsaturated/α-hetero) is 1. The average molecular weight is 263 g/mol. The topological polar surface area (TPSA) is 55.4 Å². The zero-order valence-electron chi connectivity index (χ0n) is 11.4. The fourth-order valence-electron chi connectivity index (χ4n) is 1.65. The molecule has 0 aromatic heterocycles. The van der Waals surface area contributed by atoms with Gasteiger partial charge < -0.3 is 10.1 Å². The van der Waals surface area contributed by atoms with Gasteiger partial charge >= 0.3 is 6.09 Å². The summed E-state index contributed by atoms with van der Waals surface area (Å²) in [5, 5.41) is 2.64. The lowest BCUT2D eigenvalue weighted by Gasteiger charge is -2.06. The van der Waals surface area contributed by atoms with E-state index in [-0.39, 0.29) is 12.4 Å². The lowest BCUT2D eigenvalue weighted by Crippen LogP contribution is -2.25. The van der Waals surface area contributed by atoms with Crippen LogP contribution in [0.15, 0.2) is 30.3 Å². The summed E-state index contributed by atoms with van der Waals surface area (Å²) in [4.78, 5) is 22.6. The Balaban J connectivity index is 2.07. The smallest absolute Gasteiger partial charge is 0.407 e. The Kier molecular flexibility index (Phi) is 7.32. The molecule has 104 valence electrons. The van der Waals surface area contributed by atoms with Gasteiger partial charge in [-0.1, -0.05) is 37.3 Å². The SMILES string of the molecule is CCCC(=O)CCCNC(=O)OCc1ccccc1. The molecular weight excluding hydrogens is 242 g/mol. The van der Waals surface area contributed by atoms with Gasteiger partial charge in [0.1, 0.15) is 12.4 Å². The van der Waals surface area contributed by atoms with Gasteiger partial charge in [-0.05, 0) is 18.4 Å². The molecule has 0 aliphatic carbocycles. The Labute approximate surface area is 114 Å². The van der Waals surface area contributed by atoms with Crippen LogP contribution in [0.1, 0.15) is 38.2 Å². The zero-order chi connectivity index (χ0) is 13.9. The average Bonchev–Trinajstić information content (AvgIpc) is 2.43. The highest BCUT2D eigenvalue weighted by Gasteiger charge is 2.03. The van der Waals surface area contributed by atoms with Crippen molar-refractivity contribution in [1.29, 1.82) is 0 Å². The van der Waals surface area contributed by atoms with Gasteiger partial charge in [-0.3, -0.25) is 4.79 Å². The van der Waals surface area contributed by atoms with Crippen molar-refractivity contribution in [2.45, 2.75) is 39.2 Å². The second-order valence-corrected chi connectivity index (χ2v) is 4.38. The van der Waals surface area contributed by atoms with Crippen LogP contribution < -0.4 is 5.32 Å². The molecule has 0 atom stereocenters. The number of ether oxygens (including phenoxy) is 1. The molecule has 1 aromatic rings. The maximum absolute atomic E-state index is 11.4. The van der Waals surface area contributed by atoms with Gasteiger partial charge in [-0.2, -0.15) is 0 Å². The summed E-state index contributed by atoms with van der Waals surface area (Å²) >= 11 is 0. The minimum atomic E-state index is -0.438. The number of hydrogen-bond acceptors (Lipinski definition) is 3. The molecule has 0 heterocycles. The van der Waals surface area contributed by atoms with Crippen LogP contribution in [-0.2, 0) is 16.1 Å². The van der Waals surface area contributed by atoms with Crippen molar-refractivity contribution in [3.05, 3.63) is 35.9 Å². The predicted molar refractivity (Wildman–Crippen MR) is 73.8 cm³/mol. The minimum absolute atomic E-state index is 0.252. The Morgan fingerprint density at radius 3 is 2.58 bits per heavy atom. The fraction of sp³-hybridized carbons (Fsp3) is 0.467. The van der Waals surface area contributed by atoms with Crippen LogP contribution in [0.5, 0.6) is 0 Å². The maximum Gasteiger partial charge on any atom is 0.407 e. The summed E-state index contributed by atoms with van der Waals surface area (Å²) in [7, 11) is 0. The Morgan fingerprint density at radius 1 is 1.16 bits per heavy atom. The van der Waals surface area contributed by atoms with Crippen molar-refractivity contribution in [1.82, 2.24) is 5.32 Å². The molecule has 0 aliphatic rings. The van der Waals surface area contributed by atoms with Crippen LogP contribution in [0.2, 0.25) is 0 Å². The highest BCUT2D eigenvalue weighted by atomic mass is 16.5. The number of alkyl carbamates (subject to hydrolysis) is 1. The molecule has 0 bridgehead atoms. The minimum Gasteiger partial charge on any atom is -0.445 e. The molecule has 1 amide bonds. The second kappa shape index (κ2) is 9.14. The van der Waals surface area contributed by atoms with Crippen molar-refractivity contribution in [2.24, 2.45) is 0 Å². The number of rotatable bonds is 8. The Morgan fingerprint density at radius 2 is 1.89 bits per heavy atom. The van der Waals surface area contributed by atoms with E-state index in [9.17, 15) is 9.59 Å². The van der Waals surface area contributed by atoms with Gasteiger partial charge in [0.25, 0.3) is 0 Å². The molecule has 1 aromatic carbocycles. The molecule has 19 heavy (non-hydrogen) atoms. The second-order valence-electron chi connectivity index (χ2n) is 4.38. The van der Waals surface area contributed by atoms with E-state index in [4.69, 9.17) is 4.74 Å². The molecule has 0 fully saturated rings. The van der Waals surface area contributed by atoms with E-state index in [0.29, 0.717) is 25.8 Å². The van der Waals surface area contributed by atoms with Crippen LogP contribution in [0.3, 0.4) is 0 Å². The van der Waals surface area contributed by atoms with Gasteiger partial charge in [0.2, 0.25) is 0 Å². The predicted octanol–water partition coefficient (Wildman–Crippen LogP) is 3.06. The van der Waals surface area contributed by atoms with E-state index >= 15 is 0 Å². The van der Waals surface area contributed by atoms with Crippen LogP contribution in [0, 0.1) is 0 Å². The van der Waals surface area contributed by atoms with Crippen molar-refractivity contribution < 1.29 is 14.3 Å². The number of ketones is 1. The summed E-state index contributed by atoms with van der Waals surface area (Å²) in [6.07, 6.45) is 2.25. The normalized spacial score (nSPS) is 9.95. The van der Waals surface area contributed by atoms with Crippen molar-refractivity contribution in [3.8, 4) is 0 Å². The van der Waals surface area contributed by atoms with Gasteiger partial charge in [0.05, 0.1) is 0 Å². The third kappa shape index (κ3) is 7.24. The molecule has 0 spiro atoms. The van der Waals surface area contributed by atoms with E-state index in [0.717, 1.165) is 12.0 Å². The van der Waals surface area contributed by atoms with Crippen LogP contribution in [0.4, 0.5) is 4.79 Å². The van der Waals surface area contributed by atoms with Gasteiger partial charge in [-0.25, -0.2) is 4.79 Å². The number of nitrogens with one attached hydrogen (secondary N) is 1. The van der Waals surface area contributed by atoms with Gasteiger partial charge in [0.15, 0.2) is 0 Å². The number of carbonyl (C=O) groups is 2. The first-order chi connectivity index (χ1) is 9.22. The molecule has 1 N–H and O–H groups in total. The van der Waals surface area contributed by atoms with E-state index in [1.807, 2.05) is 37.3 Å². The molecule has 0 saturated carbocycles. The first-order valence-corrected chi connectivity index (χ1v) is 6.68. The first kappa shape index (κ1) is 15.2. The number of benzene rings is 1. The van der Waals surface area contributed by atoms with E-state index in [2.05, 4.69) is 5.32 Å². The number of hydrogen-bond donors (Lipinski definition) is 1. The quantitative estimate of drug-likeness (QED) is 0.733. The Hall–Kier alpha value is -1.84. The summed E-state index contributed by atoms with van der Waals surface area (Å²) in [6.45, 7) is 2.72. The zero-order valence-corrected chi connectivity index (χ0v) is 11.4. The summed E-state index contributed by atoms with van der Waals surface area (Å²) < 4.78 is 5.05. The van der Waals surface area contributed by atoms with Crippen molar-refractivity contribution in [2.75, 3.05) is 6.54 Å². The summed E-state index contributed by atoms with van der Waals surface area (Å²) in [5.41, 5.74) is 0.954. The highest BCUT2D eigenvalue weighted by Crippen LogP contribution is 2.01. The fourth-order valence-corrected chi connectivity index (χ4v) is 1.65. The maximum atomic E-state index is 11.4. The van der Waals surface area contributed by atoms with Crippen LogP contribution in [-0.4, -0.2) is 18.4 Å². The van der Waals surface area contributed by atoms with Gasteiger partial charge in [-0.15, -0.1) is 0 Å². The molecule has 0 radical (unpaired) electrons. The molecule has 4 heteroatoms. The largest absolute Gasteiger partial charge is 0.445 e. The first-order valence-electron chi connectivity index (χ1n) is 6.68. The van der Waals surface area contributed by atoms with Crippen LogP contribution in [0.25, 0.3) is 0 Å². The third-order valence-corrected chi connectivity index (χ3v) is 2.64. The van der Waals surface area contributed by atoms with E-state index in [1.165, 1.54) is 0 Å². The molecular formula is C15H21NO3. The summed E-state index contributed by atoms with van der Waals surface area (Å²) in [5.74, 6) is 0.252. The van der Waals surface area contributed by atoms with Crippen molar-refractivity contribution >= 4 is 11.9 Å². The molecule has 0 aliphatic heterocycles. The highest BCUT2D eigenvalue weighted by molar-refractivity contribution is 5.78. The van der Waals surface area contributed by atoms with Crippen molar-refractivity contribution in [3.63, 3.8) is 0 Å². The Bertz CT molecular complexity index is 390. The number of amides is 1. The lowest BCUT2D eigenvalue weighted by atomic mass is 10.1. The summed E-state index contributed by atoms with van der Waals surface area (Å²) in [6, 6.07) is 9.51. The number of carbonyl (C=O) groups excluding carboxylic acids is 2. The van der Waals surface area contributed by atoms with E-state index < -0.39 is 6.09 Å². The molecule has 0 unspecified atom stereocenters. The molecule has 1 rings (SSSR count). The van der Waals surface area contributed by atoms with Crippen LogP contribution >= 0.6 is 0 Å².